The third-order valence-corrected chi connectivity index (χ3v) is 4.10. The number of hydrogen-bond donors (Lipinski definition) is 1. The van der Waals surface area contributed by atoms with Gasteiger partial charge in [0.2, 0.25) is 0 Å². The summed E-state index contributed by atoms with van der Waals surface area (Å²) >= 11 is 0. The molecule has 0 unspecified atom stereocenters. The van der Waals surface area contributed by atoms with Crippen LogP contribution in [-0.2, 0) is 6.42 Å². The molecule has 1 N–H and O–H groups in total. The molecule has 0 aliphatic carbocycles. The predicted molar refractivity (Wildman–Crippen MR) is 104 cm³/mol. The minimum absolute atomic E-state index is 0.919. The first-order valence-electron chi connectivity index (χ1n) is 8.33. The van der Waals surface area contributed by atoms with Crippen molar-refractivity contribution in [1.82, 2.24) is 0 Å². The van der Waals surface area contributed by atoms with E-state index in [1.54, 1.807) is 0 Å². The molecule has 0 atom stereocenters. The van der Waals surface area contributed by atoms with Gasteiger partial charge in [-0.05, 0) is 55.5 Å². The van der Waals surface area contributed by atoms with Gasteiger partial charge in [-0.2, -0.15) is 0 Å². The molecule has 0 spiro atoms. The Morgan fingerprint density at radius 1 is 1.04 bits per heavy atom. The molecule has 2 rings (SSSR count). The highest BCUT2D eigenvalue weighted by Gasteiger charge is 2.10. The second kappa shape index (κ2) is 7.82. The van der Waals surface area contributed by atoms with Crippen LogP contribution in [0.2, 0.25) is 0 Å². The Kier molecular flexibility index (Phi) is 5.81. The second-order valence-electron chi connectivity index (χ2n) is 6.18. The molecule has 2 aromatic carbocycles. The normalized spacial score (nSPS) is 10.4. The molecule has 0 heterocycles. The van der Waals surface area contributed by atoms with Crippen LogP contribution < -0.4 is 5.32 Å². The van der Waals surface area contributed by atoms with E-state index in [1.165, 1.54) is 24.0 Å². The fourth-order valence-corrected chi connectivity index (χ4v) is 2.80. The summed E-state index contributed by atoms with van der Waals surface area (Å²) in [5, 5.41) is 3.44. The minimum Gasteiger partial charge on any atom is -0.355 e. The number of unbranched alkanes of at least 4 members (excludes halogenated alkanes) is 1. The van der Waals surface area contributed by atoms with Crippen LogP contribution in [0.3, 0.4) is 0 Å². The maximum absolute atomic E-state index is 4.24. The maximum Gasteiger partial charge on any atom is 0.0393 e. The van der Waals surface area contributed by atoms with Gasteiger partial charge in [-0.3, -0.25) is 0 Å². The van der Waals surface area contributed by atoms with Crippen molar-refractivity contribution in [1.29, 1.82) is 0 Å². The largest absolute Gasteiger partial charge is 0.355 e. The fraction of sp³-hybridized carbons (Fsp3) is 0.273. The first kappa shape index (κ1) is 17.1. The topological polar surface area (TPSA) is 12.0 Å². The van der Waals surface area contributed by atoms with Gasteiger partial charge in [0.25, 0.3) is 0 Å². The summed E-state index contributed by atoms with van der Waals surface area (Å²) in [6.07, 6.45) is 3.62. The van der Waals surface area contributed by atoms with Crippen molar-refractivity contribution in [3.05, 3.63) is 77.9 Å². The summed E-state index contributed by atoms with van der Waals surface area (Å²) in [5.74, 6) is 0. The van der Waals surface area contributed by atoms with Crippen LogP contribution in [0.15, 0.2) is 55.6 Å². The SMILES string of the molecule is C=C(C)c1cccc(C)c1C(=C)Nc1ccc(CCCC)cc1. The molecule has 1 nitrogen and oxygen atoms in total. The first-order chi connectivity index (χ1) is 11.0. The Balaban J connectivity index is 2.18. The third-order valence-electron chi connectivity index (χ3n) is 4.10. The van der Waals surface area contributed by atoms with Crippen LogP contribution in [0.1, 0.15) is 48.9 Å². The number of allylic oxidation sites excluding steroid dienone is 1. The van der Waals surface area contributed by atoms with Crippen molar-refractivity contribution < 1.29 is 0 Å². The van der Waals surface area contributed by atoms with E-state index in [0.29, 0.717) is 0 Å². The van der Waals surface area contributed by atoms with Crippen molar-refractivity contribution in [2.45, 2.75) is 40.0 Å². The average molecular weight is 305 g/mol. The van der Waals surface area contributed by atoms with Crippen molar-refractivity contribution >= 4 is 17.0 Å². The Morgan fingerprint density at radius 3 is 2.35 bits per heavy atom. The van der Waals surface area contributed by atoms with Crippen LogP contribution in [0.25, 0.3) is 11.3 Å². The molecule has 0 bridgehead atoms. The van der Waals surface area contributed by atoms with Gasteiger partial charge in [-0.1, -0.05) is 62.4 Å². The zero-order valence-electron chi connectivity index (χ0n) is 14.6. The van der Waals surface area contributed by atoms with Crippen LogP contribution in [0.5, 0.6) is 0 Å². The summed E-state index contributed by atoms with van der Waals surface area (Å²) in [7, 11) is 0. The molecule has 2 aromatic rings. The van der Waals surface area contributed by atoms with Gasteiger partial charge in [0, 0.05) is 16.9 Å². The second-order valence-corrected chi connectivity index (χ2v) is 6.18. The lowest BCUT2D eigenvalue weighted by molar-refractivity contribution is 0.795. The van der Waals surface area contributed by atoms with E-state index in [4.69, 9.17) is 0 Å². The monoisotopic (exact) mass is 305 g/mol. The van der Waals surface area contributed by atoms with Gasteiger partial charge >= 0.3 is 0 Å². The average Bonchev–Trinajstić information content (AvgIpc) is 2.53. The fourth-order valence-electron chi connectivity index (χ4n) is 2.80. The zero-order valence-corrected chi connectivity index (χ0v) is 14.6. The smallest absolute Gasteiger partial charge is 0.0393 e. The quantitative estimate of drug-likeness (QED) is 0.619. The summed E-state index contributed by atoms with van der Waals surface area (Å²) in [5.41, 5.74) is 7.95. The number of aryl methyl sites for hydroxylation is 2. The predicted octanol–water partition coefficient (Wildman–Crippen LogP) is 6.45. The summed E-state index contributed by atoms with van der Waals surface area (Å²) in [6.45, 7) is 14.7. The molecule has 0 aromatic heterocycles. The van der Waals surface area contributed by atoms with E-state index in [1.807, 2.05) is 6.92 Å². The number of benzene rings is 2. The van der Waals surface area contributed by atoms with Crippen LogP contribution in [0, 0.1) is 6.92 Å². The number of nitrogens with one attached hydrogen (secondary N) is 1. The third kappa shape index (κ3) is 4.35. The van der Waals surface area contributed by atoms with Gasteiger partial charge in [0.05, 0.1) is 0 Å². The summed E-state index contributed by atoms with van der Waals surface area (Å²) in [6, 6.07) is 14.9. The number of hydrogen-bond acceptors (Lipinski definition) is 1. The first-order valence-corrected chi connectivity index (χ1v) is 8.33. The molecule has 1 heteroatoms. The van der Waals surface area contributed by atoms with E-state index in [9.17, 15) is 0 Å². The van der Waals surface area contributed by atoms with E-state index < -0.39 is 0 Å². The zero-order chi connectivity index (χ0) is 16.8. The molecule has 0 radical (unpaired) electrons. The Hall–Kier alpha value is -2.28. The maximum atomic E-state index is 4.24. The van der Waals surface area contributed by atoms with Gasteiger partial charge in [-0.25, -0.2) is 0 Å². The Morgan fingerprint density at radius 2 is 1.74 bits per heavy atom. The Labute approximate surface area is 140 Å². The molecule has 120 valence electrons. The van der Waals surface area contributed by atoms with E-state index in [2.05, 4.69) is 74.8 Å². The van der Waals surface area contributed by atoms with Crippen molar-refractivity contribution in [3.8, 4) is 0 Å². The van der Waals surface area contributed by atoms with Crippen molar-refractivity contribution in [3.63, 3.8) is 0 Å². The molecule has 0 aliphatic heterocycles. The lowest BCUT2D eigenvalue weighted by Gasteiger charge is -2.17. The highest BCUT2D eigenvalue weighted by Crippen LogP contribution is 2.28. The minimum atomic E-state index is 0.919. The molecule has 0 aliphatic rings. The molecule has 0 saturated heterocycles. The Bertz CT molecular complexity index is 692. The molecule has 0 saturated carbocycles. The van der Waals surface area contributed by atoms with Gasteiger partial charge in [0.15, 0.2) is 0 Å². The highest BCUT2D eigenvalue weighted by molar-refractivity contribution is 5.84. The molecule has 0 fully saturated rings. The number of anilines is 1. The lowest BCUT2D eigenvalue weighted by atomic mass is 9.95. The summed E-state index contributed by atoms with van der Waals surface area (Å²) in [4.78, 5) is 0. The molecular weight excluding hydrogens is 278 g/mol. The van der Waals surface area contributed by atoms with E-state index >= 15 is 0 Å². The number of rotatable bonds is 7. The standard InChI is InChI=1S/C22H27N/c1-6-7-10-19-12-14-20(15-13-19)23-18(5)22-17(4)9-8-11-21(22)16(2)3/h8-9,11-15,23H,2,5-7,10H2,1,3-4H3. The molecular formula is C22H27N. The van der Waals surface area contributed by atoms with Gasteiger partial charge < -0.3 is 5.32 Å². The highest BCUT2D eigenvalue weighted by atomic mass is 14.9. The van der Waals surface area contributed by atoms with Gasteiger partial charge in [0.1, 0.15) is 0 Å². The molecule has 23 heavy (non-hydrogen) atoms. The van der Waals surface area contributed by atoms with Crippen LogP contribution >= 0.6 is 0 Å². The van der Waals surface area contributed by atoms with E-state index in [0.717, 1.165) is 34.5 Å². The van der Waals surface area contributed by atoms with Crippen LogP contribution in [-0.4, -0.2) is 0 Å². The van der Waals surface area contributed by atoms with Gasteiger partial charge in [-0.15, -0.1) is 0 Å². The molecule has 0 amide bonds. The van der Waals surface area contributed by atoms with Crippen LogP contribution in [0.4, 0.5) is 5.69 Å². The lowest BCUT2D eigenvalue weighted by Crippen LogP contribution is -2.02. The van der Waals surface area contributed by atoms with Crippen molar-refractivity contribution in [2.24, 2.45) is 0 Å². The van der Waals surface area contributed by atoms with E-state index in [-0.39, 0.29) is 0 Å². The van der Waals surface area contributed by atoms with Crippen molar-refractivity contribution in [2.75, 3.05) is 5.32 Å². The summed E-state index contributed by atoms with van der Waals surface area (Å²) < 4.78 is 0.